The Morgan fingerprint density at radius 2 is 1.79 bits per heavy atom. The number of H-pyrrole nitrogens is 1. The van der Waals surface area contributed by atoms with Crippen molar-refractivity contribution in [2.45, 2.75) is 12.5 Å². The van der Waals surface area contributed by atoms with Gasteiger partial charge in [0, 0.05) is 33.7 Å². The average Bonchev–Trinajstić information content (AvgIpc) is 3.36. The maximum Gasteiger partial charge on any atom is 0.295 e. The molecule has 4 aromatic rings. The van der Waals surface area contributed by atoms with Crippen molar-refractivity contribution in [1.82, 2.24) is 9.88 Å². The number of aromatic nitrogens is 1. The predicted molar refractivity (Wildman–Crippen MR) is 132 cm³/mol. The maximum absolute atomic E-state index is 14.1. The van der Waals surface area contributed by atoms with Crippen molar-refractivity contribution in [1.29, 1.82) is 0 Å². The molecule has 5 nitrogen and oxygen atoms in total. The van der Waals surface area contributed by atoms with E-state index in [9.17, 15) is 19.1 Å². The number of aromatic amines is 1. The van der Waals surface area contributed by atoms with E-state index < -0.39 is 23.5 Å². The number of carbonyl (C=O) groups is 2. The third kappa shape index (κ3) is 3.92. The van der Waals surface area contributed by atoms with Gasteiger partial charge >= 0.3 is 0 Å². The summed E-state index contributed by atoms with van der Waals surface area (Å²) in [6.07, 6.45) is 2.38. The number of ketones is 1. The van der Waals surface area contributed by atoms with Crippen LogP contribution in [0.25, 0.3) is 16.7 Å². The van der Waals surface area contributed by atoms with Crippen molar-refractivity contribution in [3.8, 4) is 0 Å². The van der Waals surface area contributed by atoms with Gasteiger partial charge in [-0.05, 0) is 47.9 Å². The van der Waals surface area contributed by atoms with Gasteiger partial charge < -0.3 is 15.0 Å². The number of fused-ring (bicyclic) bond motifs is 1. The van der Waals surface area contributed by atoms with Gasteiger partial charge in [0.25, 0.3) is 11.7 Å². The molecule has 1 aliphatic rings. The third-order valence-corrected chi connectivity index (χ3v) is 6.65. The van der Waals surface area contributed by atoms with Crippen LogP contribution in [0.15, 0.2) is 89.0 Å². The monoisotopic (exact) mass is 518 g/mol. The molecule has 1 unspecified atom stereocenters. The molecule has 2 heterocycles. The second-order valence-electron chi connectivity index (χ2n) is 8.16. The highest BCUT2D eigenvalue weighted by Crippen LogP contribution is 2.40. The van der Waals surface area contributed by atoms with E-state index in [-0.39, 0.29) is 17.9 Å². The Bertz CT molecular complexity index is 1440. The molecule has 1 aromatic heterocycles. The molecular weight excluding hydrogens is 499 g/mol. The number of aliphatic hydroxyl groups excluding tert-OH is 1. The zero-order chi connectivity index (χ0) is 23.8. The molecule has 1 aliphatic heterocycles. The lowest BCUT2D eigenvalue weighted by atomic mass is 9.95. The van der Waals surface area contributed by atoms with Crippen LogP contribution in [-0.4, -0.2) is 33.2 Å². The van der Waals surface area contributed by atoms with E-state index in [0.717, 1.165) is 20.9 Å². The molecule has 0 spiro atoms. The highest BCUT2D eigenvalue weighted by molar-refractivity contribution is 9.10. The van der Waals surface area contributed by atoms with Crippen LogP contribution in [0.2, 0.25) is 0 Å². The van der Waals surface area contributed by atoms with Crippen LogP contribution in [0.3, 0.4) is 0 Å². The molecule has 1 saturated heterocycles. The van der Waals surface area contributed by atoms with Crippen LogP contribution >= 0.6 is 15.9 Å². The molecule has 2 N–H and O–H groups in total. The summed E-state index contributed by atoms with van der Waals surface area (Å²) < 4.78 is 15.0. The molecule has 1 atom stereocenters. The number of halogens is 2. The summed E-state index contributed by atoms with van der Waals surface area (Å²) in [7, 11) is 0. The van der Waals surface area contributed by atoms with Crippen LogP contribution in [-0.2, 0) is 16.0 Å². The lowest BCUT2D eigenvalue weighted by molar-refractivity contribution is -0.139. The number of nitrogens with one attached hydrogen (secondary N) is 1. The lowest BCUT2D eigenvalue weighted by Crippen LogP contribution is -2.31. The molecule has 7 heteroatoms. The Morgan fingerprint density at radius 3 is 2.56 bits per heavy atom. The average molecular weight is 519 g/mol. The first kappa shape index (κ1) is 22.1. The van der Waals surface area contributed by atoms with Crippen molar-refractivity contribution in [3.05, 3.63) is 112 Å². The number of benzene rings is 3. The zero-order valence-electron chi connectivity index (χ0n) is 18.0. The second-order valence-corrected chi connectivity index (χ2v) is 9.08. The Hall–Kier alpha value is -3.71. The molecular formula is C27H20BrFN2O3. The molecule has 5 rings (SSSR count). The molecule has 0 radical (unpaired) electrons. The van der Waals surface area contributed by atoms with Crippen molar-refractivity contribution in [3.63, 3.8) is 0 Å². The molecule has 3 aromatic carbocycles. The summed E-state index contributed by atoms with van der Waals surface area (Å²) in [5.41, 5.74) is 2.77. The van der Waals surface area contributed by atoms with Crippen LogP contribution in [0, 0.1) is 5.82 Å². The van der Waals surface area contributed by atoms with Gasteiger partial charge in [-0.15, -0.1) is 0 Å². The summed E-state index contributed by atoms with van der Waals surface area (Å²) in [5.74, 6) is -2.26. The summed E-state index contributed by atoms with van der Waals surface area (Å²) in [6.45, 7) is 0.227. The number of rotatable bonds is 5. The number of para-hydroxylation sites is 1. The van der Waals surface area contributed by atoms with Gasteiger partial charge in [0.2, 0.25) is 0 Å². The van der Waals surface area contributed by atoms with Crippen molar-refractivity contribution in [2.24, 2.45) is 0 Å². The summed E-state index contributed by atoms with van der Waals surface area (Å²) in [5, 5.41) is 12.1. The molecule has 0 bridgehead atoms. The molecule has 34 heavy (non-hydrogen) atoms. The van der Waals surface area contributed by atoms with Gasteiger partial charge in [-0.25, -0.2) is 4.39 Å². The molecule has 0 saturated carbocycles. The van der Waals surface area contributed by atoms with Crippen LogP contribution < -0.4 is 0 Å². The first-order valence-corrected chi connectivity index (χ1v) is 11.6. The van der Waals surface area contributed by atoms with E-state index >= 15 is 0 Å². The summed E-state index contributed by atoms with van der Waals surface area (Å²) in [4.78, 5) is 30.9. The first-order chi connectivity index (χ1) is 16.4. The van der Waals surface area contributed by atoms with E-state index in [2.05, 4.69) is 20.9 Å². The van der Waals surface area contributed by atoms with Crippen LogP contribution in [0.1, 0.15) is 22.7 Å². The fourth-order valence-electron chi connectivity index (χ4n) is 4.48. The van der Waals surface area contributed by atoms with E-state index in [4.69, 9.17) is 0 Å². The Morgan fingerprint density at radius 1 is 1.03 bits per heavy atom. The smallest absolute Gasteiger partial charge is 0.295 e. The van der Waals surface area contributed by atoms with Gasteiger partial charge in [0.15, 0.2) is 0 Å². The first-order valence-electron chi connectivity index (χ1n) is 10.8. The predicted octanol–water partition coefficient (Wildman–Crippen LogP) is 5.73. The summed E-state index contributed by atoms with van der Waals surface area (Å²) in [6, 6.07) is 19.5. The summed E-state index contributed by atoms with van der Waals surface area (Å²) >= 11 is 3.35. The zero-order valence-corrected chi connectivity index (χ0v) is 19.5. The highest BCUT2D eigenvalue weighted by Gasteiger charge is 2.46. The van der Waals surface area contributed by atoms with Gasteiger partial charge in [0.1, 0.15) is 11.6 Å². The standard InChI is InChI=1S/C27H20BrFN2O3/c28-19-10-8-16(9-11-19)25(32)23-24(17-4-3-5-20(29)14-17)31(27(34)26(23)33)13-12-18-15-30-22-7-2-1-6-21(18)22/h1-11,14-15,24,30,32H,12-13H2. The fourth-order valence-corrected chi connectivity index (χ4v) is 4.74. The largest absolute Gasteiger partial charge is 0.507 e. The number of aliphatic hydroxyl groups is 1. The minimum atomic E-state index is -0.899. The lowest BCUT2D eigenvalue weighted by Gasteiger charge is -2.25. The highest BCUT2D eigenvalue weighted by atomic mass is 79.9. The molecule has 1 amide bonds. The Kier molecular flexibility index (Phi) is 5.79. The number of amides is 1. The topological polar surface area (TPSA) is 73.4 Å². The van der Waals surface area contributed by atoms with E-state index in [1.165, 1.54) is 23.1 Å². The minimum absolute atomic E-state index is 0.0446. The Balaban J connectivity index is 1.57. The minimum Gasteiger partial charge on any atom is -0.507 e. The molecule has 0 aliphatic carbocycles. The van der Waals surface area contributed by atoms with E-state index in [1.807, 2.05) is 30.5 Å². The number of likely N-dealkylation sites (tertiary alicyclic amines) is 1. The molecule has 1 fully saturated rings. The maximum atomic E-state index is 14.1. The van der Waals surface area contributed by atoms with E-state index in [0.29, 0.717) is 17.5 Å². The molecule has 170 valence electrons. The van der Waals surface area contributed by atoms with Gasteiger partial charge in [-0.2, -0.15) is 0 Å². The normalized spacial score (nSPS) is 17.6. The van der Waals surface area contributed by atoms with Crippen molar-refractivity contribution < 1.29 is 19.1 Å². The van der Waals surface area contributed by atoms with Gasteiger partial charge in [0.05, 0.1) is 11.6 Å². The second kappa shape index (κ2) is 8.91. The number of hydrogen-bond acceptors (Lipinski definition) is 3. The number of nitrogens with zero attached hydrogens (tertiary/aromatic N) is 1. The number of hydrogen-bond donors (Lipinski definition) is 2. The SMILES string of the molecule is O=C1C(=O)N(CCc2c[nH]c3ccccc23)C(c2cccc(F)c2)C1=C(O)c1ccc(Br)cc1. The number of carbonyl (C=O) groups excluding carboxylic acids is 2. The van der Waals surface area contributed by atoms with Gasteiger partial charge in [-0.1, -0.05) is 58.4 Å². The quantitative estimate of drug-likeness (QED) is 0.201. The van der Waals surface area contributed by atoms with Gasteiger partial charge in [-0.3, -0.25) is 9.59 Å². The fraction of sp³-hybridized carbons (Fsp3) is 0.111. The van der Waals surface area contributed by atoms with Crippen LogP contribution in [0.4, 0.5) is 4.39 Å². The van der Waals surface area contributed by atoms with Crippen molar-refractivity contribution in [2.75, 3.05) is 6.54 Å². The van der Waals surface area contributed by atoms with Crippen LogP contribution in [0.5, 0.6) is 0 Å². The van der Waals surface area contributed by atoms with E-state index in [1.54, 1.807) is 30.3 Å². The third-order valence-electron chi connectivity index (χ3n) is 6.12. The van der Waals surface area contributed by atoms with Crippen molar-refractivity contribution >= 4 is 44.3 Å². The number of Topliss-reactive ketones (excluding diaryl/α,β-unsaturated/α-hetero) is 1. The Labute approximate surface area is 203 Å².